The number of carbonyl (C=O) groups is 2. The maximum Gasteiger partial charge on any atom is 0.331 e. The van der Waals surface area contributed by atoms with Gasteiger partial charge in [-0.25, -0.2) is 13.2 Å². The number of piperidine rings is 1. The van der Waals surface area contributed by atoms with E-state index in [0.717, 1.165) is 37.9 Å². The number of carbonyl (C=O) groups excluding carboxylic acids is 2. The van der Waals surface area contributed by atoms with Crippen LogP contribution in [0.2, 0.25) is 0 Å². The number of sulfone groups is 1. The first kappa shape index (κ1) is 14.7. The molecule has 1 rings (SSSR count). The Bertz CT molecular complexity index is 434. The van der Waals surface area contributed by atoms with Crippen molar-refractivity contribution in [2.75, 3.05) is 26.0 Å². The first-order valence-corrected chi connectivity index (χ1v) is 7.43. The molecule has 0 N–H and O–H groups in total. The summed E-state index contributed by atoms with van der Waals surface area (Å²) in [5.41, 5.74) is 0. The normalized spacial score (nSPS) is 16.8. The molecule has 1 aliphatic heterocycles. The quantitative estimate of drug-likeness (QED) is 0.537. The molecule has 102 valence electrons. The zero-order valence-electron chi connectivity index (χ0n) is 10.3. The van der Waals surface area contributed by atoms with E-state index in [-0.39, 0.29) is 0 Å². The van der Waals surface area contributed by atoms with E-state index in [0.29, 0.717) is 13.1 Å². The summed E-state index contributed by atoms with van der Waals surface area (Å²) in [6, 6.07) is 0. The van der Waals surface area contributed by atoms with Crippen LogP contribution in [0, 0.1) is 0 Å². The van der Waals surface area contributed by atoms with Gasteiger partial charge in [0.1, 0.15) is 5.75 Å². The van der Waals surface area contributed by atoms with Crippen molar-refractivity contribution in [2.24, 2.45) is 0 Å². The van der Waals surface area contributed by atoms with Crippen LogP contribution >= 0.6 is 0 Å². The summed E-state index contributed by atoms with van der Waals surface area (Å²) in [6.45, 7) is 1.21. The van der Waals surface area contributed by atoms with Crippen LogP contribution < -0.4 is 0 Å². The number of amides is 1. The molecule has 0 radical (unpaired) electrons. The van der Waals surface area contributed by atoms with Gasteiger partial charge in [-0.05, 0) is 19.3 Å². The molecule has 7 heteroatoms. The van der Waals surface area contributed by atoms with Crippen LogP contribution in [0.15, 0.2) is 11.5 Å². The van der Waals surface area contributed by atoms with Gasteiger partial charge in [0.15, 0.2) is 9.84 Å². The summed E-state index contributed by atoms with van der Waals surface area (Å²) in [5.74, 6) is -1.77. The summed E-state index contributed by atoms with van der Waals surface area (Å²) in [4.78, 5) is 24.1. The van der Waals surface area contributed by atoms with Crippen molar-refractivity contribution in [3.05, 3.63) is 11.5 Å². The van der Waals surface area contributed by atoms with E-state index in [1.807, 2.05) is 0 Å². The highest BCUT2D eigenvalue weighted by Crippen LogP contribution is 2.09. The van der Waals surface area contributed by atoms with E-state index < -0.39 is 27.5 Å². The molecule has 0 spiro atoms. The maximum atomic E-state index is 11.7. The Morgan fingerprint density at radius 2 is 1.83 bits per heavy atom. The molecule has 0 aromatic rings. The number of hydrogen-bond acceptors (Lipinski definition) is 5. The Labute approximate surface area is 107 Å². The monoisotopic (exact) mass is 275 g/mol. The molecule has 1 saturated heterocycles. The van der Waals surface area contributed by atoms with Crippen molar-refractivity contribution in [1.29, 1.82) is 0 Å². The summed E-state index contributed by atoms with van der Waals surface area (Å²) in [7, 11) is -2.56. The summed E-state index contributed by atoms with van der Waals surface area (Å²) in [6.07, 6.45) is 3.69. The van der Waals surface area contributed by atoms with E-state index in [4.69, 9.17) is 0 Å². The molecule has 0 unspecified atom stereocenters. The fourth-order valence-electron chi connectivity index (χ4n) is 1.68. The summed E-state index contributed by atoms with van der Waals surface area (Å²) >= 11 is 0. The Balaban J connectivity index is 2.56. The number of hydrogen-bond donors (Lipinski definition) is 0. The molecule has 0 aromatic carbocycles. The minimum atomic E-state index is -3.71. The van der Waals surface area contributed by atoms with Gasteiger partial charge >= 0.3 is 5.97 Å². The van der Waals surface area contributed by atoms with Gasteiger partial charge in [0.2, 0.25) is 5.91 Å². The third-order valence-corrected chi connectivity index (χ3v) is 3.85. The Kier molecular flexibility index (Phi) is 5.33. The van der Waals surface area contributed by atoms with Crippen molar-refractivity contribution in [3.8, 4) is 0 Å². The SMILES string of the molecule is COC(=O)/C=C/S(=O)(=O)CC(=O)N1CCCCC1. The molecule has 0 aromatic heterocycles. The minimum Gasteiger partial charge on any atom is -0.466 e. The van der Waals surface area contributed by atoms with Crippen LogP contribution in [-0.4, -0.2) is 51.1 Å². The molecular formula is C11H17NO5S. The van der Waals surface area contributed by atoms with E-state index in [1.165, 1.54) is 0 Å². The fraction of sp³-hybridized carbons (Fsp3) is 0.636. The molecule has 0 saturated carbocycles. The molecule has 1 fully saturated rings. The van der Waals surface area contributed by atoms with E-state index in [9.17, 15) is 18.0 Å². The Morgan fingerprint density at radius 3 is 2.39 bits per heavy atom. The number of nitrogens with zero attached hydrogens (tertiary/aromatic N) is 1. The van der Waals surface area contributed by atoms with Crippen LogP contribution in [0.5, 0.6) is 0 Å². The molecular weight excluding hydrogens is 258 g/mol. The standard InChI is InChI=1S/C11H17NO5S/c1-17-11(14)5-8-18(15,16)9-10(13)12-6-3-2-4-7-12/h5,8H,2-4,6-7,9H2,1H3/b8-5+. The molecule has 1 heterocycles. The lowest BCUT2D eigenvalue weighted by Gasteiger charge is -2.26. The maximum absolute atomic E-state index is 11.7. The van der Waals surface area contributed by atoms with Gasteiger partial charge in [0.25, 0.3) is 0 Å². The van der Waals surface area contributed by atoms with Crippen molar-refractivity contribution >= 4 is 21.7 Å². The second-order valence-electron chi connectivity index (χ2n) is 4.07. The fourth-order valence-corrected chi connectivity index (χ4v) is 2.62. The second kappa shape index (κ2) is 6.53. The predicted octanol–water partition coefficient (Wildman–Crippen LogP) is 0.100. The predicted molar refractivity (Wildman–Crippen MR) is 65.4 cm³/mol. The number of likely N-dealkylation sites (tertiary alicyclic amines) is 1. The molecule has 0 bridgehead atoms. The molecule has 0 aliphatic carbocycles. The van der Waals surface area contributed by atoms with Crippen LogP contribution in [-0.2, 0) is 24.2 Å². The molecule has 1 aliphatic rings. The molecule has 6 nitrogen and oxygen atoms in total. The second-order valence-corrected chi connectivity index (χ2v) is 5.96. The lowest BCUT2D eigenvalue weighted by atomic mass is 10.1. The lowest BCUT2D eigenvalue weighted by molar-refractivity contribution is -0.135. The van der Waals surface area contributed by atoms with Gasteiger partial charge in [-0.3, -0.25) is 4.79 Å². The molecule has 1 amide bonds. The molecule has 0 atom stereocenters. The van der Waals surface area contributed by atoms with Crippen LogP contribution in [0.1, 0.15) is 19.3 Å². The van der Waals surface area contributed by atoms with Gasteiger partial charge in [-0.15, -0.1) is 0 Å². The number of esters is 1. The largest absolute Gasteiger partial charge is 0.466 e. The van der Waals surface area contributed by atoms with Gasteiger partial charge in [0.05, 0.1) is 7.11 Å². The summed E-state index contributed by atoms with van der Waals surface area (Å²) < 4.78 is 27.4. The van der Waals surface area contributed by atoms with Crippen LogP contribution in [0.25, 0.3) is 0 Å². The minimum absolute atomic E-state index is 0.413. The smallest absolute Gasteiger partial charge is 0.331 e. The van der Waals surface area contributed by atoms with E-state index in [1.54, 1.807) is 4.90 Å². The highest BCUT2D eigenvalue weighted by molar-refractivity contribution is 7.94. The van der Waals surface area contributed by atoms with Gasteiger partial charge in [-0.1, -0.05) is 0 Å². The summed E-state index contributed by atoms with van der Waals surface area (Å²) in [5, 5.41) is 0.723. The van der Waals surface area contributed by atoms with Crippen molar-refractivity contribution in [1.82, 2.24) is 4.90 Å². The number of rotatable bonds is 4. The third-order valence-electron chi connectivity index (χ3n) is 2.65. The number of methoxy groups -OCH3 is 1. The first-order chi connectivity index (χ1) is 8.44. The molecule has 18 heavy (non-hydrogen) atoms. The third kappa shape index (κ3) is 4.87. The zero-order valence-corrected chi connectivity index (χ0v) is 11.1. The van der Waals surface area contributed by atoms with E-state index >= 15 is 0 Å². The average molecular weight is 275 g/mol. The highest BCUT2D eigenvalue weighted by atomic mass is 32.2. The van der Waals surface area contributed by atoms with Gasteiger partial charge in [0, 0.05) is 24.6 Å². The van der Waals surface area contributed by atoms with Crippen molar-refractivity contribution in [3.63, 3.8) is 0 Å². The van der Waals surface area contributed by atoms with Crippen LogP contribution in [0.4, 0.5) is 0 Å². The Morgan fingerprint density at radius 1 is 1.22 bits per heavy atom. The topological polar surface area (TPSA) is 80.8 Å². The lowest BCUT2D eigenvalue weighted by Crippen LogP contribution is -2.38. The van der Waals surface area contributed by atoms with Gasteiger partial charge in [-0.2, -0.15) is 0 Å². The van der Waals surface area contributed by atoms with Crippen molar-refractivity contribution in [2.45, 2.75) is 19.3 Å². The zero-order chi connectivity index (χ0) is 13.6. The Hall–Kier alpha value is -1.37. The highest BCUT2D eigenvalue weighted by Gasteiger charge is 2.21. The average Bonchev–Trinajstić information content (AvgIpc) is 2.36. The van der Waals surface area contributed by atoms with Gasteiger partial charge < -0.3 is 9.64 Å². The van der Waals surface area contributed by atoms with E-state index in [2.05, 4.69) is 4.74 Å². The first-order valence-electron chi connectivity index (χ1n) is 5.71. The van der Waals surface area contributed by atoms with Crippen LogP contribution in [0.3, 0.4) is 0 Å². The number of ether oxygens (including phenoxy) is 1. The van der Waals surface area contributed by atoms with Crippen molar-refractivity contribution < 1.29 is 22.7 Å².